The number of carbonyl (C=O) groups is 2. The molecule has 1 heterocycles. The fourth-order valence-corrected chi connectivity index (χ4v) is 2.94. The predicted molar refractivity (Wildman–Crippen MR) is 97.9 cm³/mol. The minimum absolute atomic E-state index is 0.105. The maximum atomic E-state index is 12.5. The number of allylic oxidation sites excluding steroid dienone is 1. The summed E-state index contributed by atoms with van der Waals surface area (Å²) < 4.78 is 15.7. The van der Waals surface area contributed by atoms with Crippen LogP contribution < -0.4 is 9.47 Å². The van der Waals surface area contributed by atoms with Gasteiger partial charge in [0, 0.05) is 21.7 Å². The SMILES string of the molecule is COC(=O)[C@H](C)Oc1ccc2c(c1)OC(=Cc1c(Cl)cccc1Cl)C2=O. The molecule has 2 aromatic rings. The van der Waals surface area contributed by atoms with Gasteiger partial charge in [0.25, 0.3) is 0 Å². The Hall–Kier alpha value is -2.50. The molecule has 0 unspecified atom stereocenters. The molecule has 2 aromatic carbocycles. The number of carbonyl (C=O) groups excluding carboxylic acids is 2. The summed E-state index contributed by atoms with van der Waals surface area (Å²) in [6.45, 7) is 1.57. The molecule has 134 valence electrons. The number of ether oxygens (including phenoxy) is 3. The third-order valence-electron chi connectivity index (χ3n) is 3.76. The molecule has 7 heteroatoms. The topological polar surface area (TPSA) is 61.8 Å². The first-order chi connectivity index (χ1) is 12.4. The highest BCUT2D eigenvalue weighted by molar-refractivity contribution is 6.37. The average Bonchev–Trinajstić information content (AvgIpc) is 2.92. The molecule has 0 saturated carbocycles. The number of methoxy groups -OCH3 is 1. The van der Waals surface area contributed by atoms with Crippen molar-refractivity contribution in [1.82, 2.24) is 0 Å². The van der Waals surface area contributed by atoms with Gasteiger partial charge in [-0.1, -0.05) is 29.3 Å². The summed E-state index contributed by atoms with van der Waals surface area (Å²) in [6.07, 6.45) is 0.719. The molecule has 1 atom stereocenters. The van der Waals surface area contributed by atoms with Crippen LogP contribution in [0.15, 0.2) is 42.2 Å². The van der Waals surface area contributed by atoms with Crippen LogP contribution in [0.2, 0.25) is 10.0 Å². The number of benzene rings is 2. The van der Waals surface area contributed by atoms with E-state index in [2.05, 4.69) is 4.74 Å². The Morgan fingerprint density at radius 1 is 1.19 bits per heavy atom. The molecule has 0 bridgehead atoms. The molecule has 26 heavy (non-hydrogen) atoms. The number of fused-ring (bicyclic) bond motifs is 1. The number of esters is 1. The highest BCUT2D eigenvalue weighted by Crippen LogP contribution is 2.36. The van der Waals surface area contributed by atoms with Crippen LogP contribution in [0, 0.1) is 0 Å². The number of rotatable bonds is 4. The highest BCUT2D eigenvalue weighted by Gasteiger charge is 2.28. The second kappa shape index (κ2) is 7.40. The van der Waals surface area contributed by atoms with Crippen molar-refractivity contribution in [2.75, 3.05) is 7.11 Å². The van der Waals surface area contributed by atoms with E-state index in [9.17, 15) is 9.59 Å². The van der Waals surface area contributed by atoms with Crippen molar-refractivity contribution in [3.05, 3.63) is 63.3 Å². The number of hydrogen-bond acceptors (Lipinski definition) is 5. The summed E-state index contributed by atoms with van der Waals surface area (Å²) in [6, 6.07) is 9.77. The van der Waals surface area contributed by atoms with Gasteiger partial charge < -0.3 is 14.2 Å². The molecular formula is C19H14Cl2O5. The third kappa shape index (κ3) is 3.54. The number of halogens is 2. The zero-order valence-corrected chi connectivity index (χ0v) is 15.4. The second-order valence-electron chi connectivity index (χ2n) is 5.52. The lowest BCUT2D eigenvalue weighted by atomic mass is 10.1. The molecule has 1 aliphatic heterocycles. The van der Waals surface area contributed by atoms with Gasteiger partial charge in [-0.2, -0.15) is 0 Å². The van der Waals surface area contributed by atoms with Crippen LogP contribution in [0.3, 0.4) is 0 Å². The summed E-state index contributed by atoms with van der Waals surface area (Å²) >= 11 is 12.3. The van der Waals surface area contributed by atoms with Gasteiger partial charge in [0.1, 0.15) is 11.5 Å². The van der Waals surface area contributed by atoms with Crippen molar-refractivity contribution in [2.24, 2.45) is 0 Å². The van der Waals surface area contributed by atoms with E-state index >= 15 is 0 Å². The number of hydrogen-bond donors (Lipinski definition) is 0. The Morgan fingerprint density at radius 2 is 1.88 bits per heavy atom. The van der Waals surface area contributed by atoms with Crippen molar-refractivity contribution in [3.63, 3.8) is 0 Å². The smallest absolute Gasteiger partial charge is 0.346 e. The fraction of sp³-hybridized carbons (Fsp3) is 0.158. The van der Waals surface area contributed by atoms with Gasteiger partial charge in [0.2, 0.25) is 5.78 Å². The van der Waals surface area contributed by atoms with Gasteiger partial charge in [-0.15, -0.1) is 0 Å². The first-order valence-electron chi connectivity index (χ1n) is 7.67. The van der Waals surface area contributed by atoms with Crippen molar-refractivity contribution in [2.45, 2.75) is 13.0 Å². The van der Waals surface area contributed by atoms with E-state index in [4.69, 9.17) is 32.7 Å². The Labute approximate surface area is 160 Å². The zero-order valence-electron chi connectivity index (χ0n) is 13.9. The van der Waals surface area contributed by atoms with Crippen LogP contribution in [0.1, 0.15) is 22.8 Å². The summed E-state index contributed by atoms with van der Waals surface area (Å²) in [7, 11) is 1.28. The molecule has 0 N–H and O–H groups in total. The van der Waals surface area contributed by atoms with Crippen molar-refractivity contribution >= 4 is 41.0 Å². The van der Waals surface area contributed by atoms with Gasteiger partial charge in [0.15, 0.2) is 11.9 Å². The maximum Gasteiger partial charge on any atom is 0.346 e. The summed E-state index contributed by atoms with van der Waals surface area (Å²) in [5, 5.41) is 0.821. The van der Waals surface area contributed by atoms with Crippen LogP contribution in [-0.2, 0) is 9.53 Å². The van der Waals surface area contributed by atoms with Gasteiger partial charge >= 0.3 is 5.97 Å². The van der Waals surface area contributed by atoms with E-state index < -0.39 is 12.1 Å². The van der Waals surface area contributed by atoms with E-state index in [0.29, 0.717) is 32.7 Å². The largest absolute Gasteiger partial charge is 0.479 e. The van der Waals surface area contributed by atoms with Crippen molar-refractivity contribution < 1.29 is 23.8 Å². The molecule has 0 amide bonds. The third-order valence-corrected chi connectivity index (χ3v) is 4.42. The average molecular weight is 393 g/mol. The monoisotopic (exact) mass is 392 g/mol. The van der Waals surface area contributed by atoms with Crippen LogP contribution in [0.4, 0.5) is 0 Å². The van der Waals surface area contributed by atoms with Crippen LogP contribution >= 0.6 is 23.2 Å². The first-order valence-corrected chi connectivity index (χ1v) is 8.43. The van der Waals surface area contributed by atoms with Gasteiger partial charge in [-0.05, 0) is 37.3 Å². The molecule has 0 radical (unpaired) electrons. The fourth-order valence-electron chi connectivity index (χ4n) is 2.44. The van der Waals surface area contributed by atoms with E-state index in [-0.39, 0.29) is 11.5 Å². The molecule has 0 fully saturated rings. The summed E-state index contributed by atoms with van der Waals surface area (Å²) in [5.41, 5.74) is 0.889. The molecule has 0 spiro atoms. The Kier molecular flexibility index (Phi) is 5.20. The van der Waals surface area contributed by atoms with E-state index in [1.807, 2.05) is 0 Å². The van der Waals surface area contributed by atoms with Crippen LogP contribution in [-0.4, -0.2) is 25.0 Å². The molecule has 0 aliphatic carbocycles. The summed E-state index contributed by atoms with van der Waals surface area (Å²) in [5.74, 6) is 0.0265. The van der Waals surface area contributed by atoms with Crippen LogP contribution in [0.5, 0.6) is 11.5 Å². The van der Waals surface area contributed by atoms with Crippen molar-refractivity contribution in [1.29, 1.82) is 0 Å². The Balaban J connectivity index is 1.87. The molecule has 5 nitrogen and oxygen atoms in total. The van der Waals surface area contributed by atoms with Gasteiger partial charge in [0.05, 0.1) is 12.7 Å². The first kappa shape index (κ1) is 18.3. The van der Waals surface area contributed by atoms with Gasteiger partial charge in [-0.25, -0.2) is 4.79 Å². The quantitative estimate of drug-likeness (QED) is 0.564. The van der Waals surface area contributed by atoms with E-state index in [1.165, 1.54) is 13.2 Å². The summed E-state index contributed by atoms with van der Waals surface area (Å²) in [4.78, 5) is 24.0. The number of Topliss-reactive ketones (excluding diaryl/α,β-unsaturated/α-hetero) is 1. The predicted octanol–water partition coefficient (Wildman–Crippen LogP) is 4.55. The second-order valence-corrected chi connectivity index (χ2v) is 6.33. The Bertz CT molecular complexity index is 900. The maximum absolute atomic E-state index is 12.5. The molecule has 0 saturated heterocycles. The number of ketones is 1. The minimum Gasteiger partial charge on any atom is -0.479 e. The zero-order chi connectivity index (χ0) is 18.8. The normalized spacial score (nSPS) is 15.4. The molecule has 0 aromatic heterocycles. The van der Waals surface area contributed by atoms with Crippen molar-refractivity contribution in [3.8, 4) is 11.5 Å². The van der Waals surface area contributed by atoms with Gasteiger partial charge in [-0.3, -0.25) is 4.79 Å². The van der Waals surface area contributed by atoms with E-state index in [0.717, 1.165) is 0 Å². The molecule has 1 aliphatic rings. The standard InChI is InChI=1S/C19H14Cl2O5/c1-10(19(23)24-2)25-11-6-7-12-16(8-11)26-17(18(12)22)9-13-14(20)4-3-5-15(13)21/h3-10H,1-2H3/t10-/m0/s1. The van der Waals surface area contributed by atoms with E-state index in [1.54, 1.807) is 43.3 Å². The molecular weight excluding hydrogens is 379 g/mol. The lowest BCUT2D eigenvalue weighted by Crippen LogP contribution is -2.24. The minimum atomic E-state index is -0.785. The highest BCUT2D eigenvalue weighted by atomic mass is 35.5. The Morgan fingerprint density at radius 3 is 2.54 bits per heavy atom. The lowest BCUT2D eigenvalue weighted by molar-refractivity contribution is -0.147. The lowest BCUT2D eigenvalue weighted by Gasteiger charge is -2.12. The van der Waals surface area contributed by atoms with Crippen LogP contribution in [0.25, 0.3) is 6.08 Å². The molecule has 3 rings (SSSR count).